The number of hydrogen-bond donors (Lipinski definition) is 0. The van der Waals surface area contributed by atoms with Gasteiger partial charge in [-0.3, -0.25) is 0 Å². The van der Waals surface area contributed by atoms with Gasteiger partial charge in [0.1, 0.15) is 0 Å². The van der Waals surface area contributed by atoms with Crippen LogP contribution < -0.4 is 0 Å². The van der Waals surface area contributed by atoms with E-state index in [0.29, 0.717) is 11.4 Å². The summed E-state index contributed by atoms with van der Waals surface area (Å²) in [6.07, 6.45) is 0. The van der Waals surface area contributed by atoms with Crippen molar-refractivity contribution in [2.75, 3.05) is 14.1 Å². The molecule has 0 spiro atoms. The molecular formula is C7H13N3O2S. The molecule has 1 rings (SSSR count). The topological polar surface area (TPSA) is 55.2 Å². The molecule has 1 heterocycles. The van der Waals surface area contributed by atoms with E-state index in [9.17, 15) is 8.42 Å². The van der Waals surface area contributed by atoms with Crippen LogP contribution in [0.3, 0.4) is 0 Å². The molecule has 0 saturated carbocycles. The molecule has 0 unspecified atom stereocenters. The normalized spacial score (nSPS) is 12.4. The van der Waals surface area contributed by atoms with E-state index < -0.39 is 10.2 Å². The van der Waals surface area contributed by atoms with Gasteiger partial charge in [0.05, 0.1) is 11.4 Å². The molecule has 0 aliphatic carbocycles. The Morgan fingerprint density at radius 3 is 2.23 bits per heavy atom. The molecular weight excluding hydrogens is 190 g/mol. The summed E-state index contributed by atoms with van der Waals surface area (Å²) in [5, 5.41) is 3.89. The van der Waals surface area contributed by atoms with E-state index in [1.165, 1.54) is 14.1 Å². The van der Waals surface area contributed by atoms with Crippen molar-refractivity contribution in [3.05, 3.63) is 17.5 Å². The molecule has 0 fully saturated rings. The van der Waals surface area contributed by atoms with Crippen molar-refractivity contribution in [3.63, 3.8) is 0 Å². The predicted molar refractivity (Wildman–Crippen MR) is 49.7 cm³/mol. The van der Waals surface area contributed by atoms with Gasteiger partial charge in [0, 0.05) is 14.1 Å². The van der Waals surface area contributed by atoms with Gasteiger partial charge >= 0.3 is 10.2 Å². The van der Waals surface area contributed by atoms with Gasteiger partial charge in [0.25, 0.3) is 0 Å². The fraction of sp³-hybridized carbons (Fsp3) is 0.571. The van der Waals surface area contributed by atoms with Gasteiger partial charge < -0.3 is 0 Å². The SMILES string of the molecule is Cc1cc(C)n(S(=O)(=O)N(C)C)n1. The van der Waals surface area contributed by atoms with Crippen LogP contribution in [0.1, 0.15) is 11.4 Å². The molecule has 0 atom stereocenters. The van der Waals surface area contributed by atoms with Crippen molar-refractivity contribution < 1.29 is 8.42 Å². The first-order chi connectivity index (χ1) is 5.85. The van der Waals surface area contributed by atoms with Gasteiger partial charge in [-0.1, -0.05) is 0 Å². The summed E-state index contributed by atoms with van der Waals surface area (Å²) in [5.74, 6) is 0. The average Bonchev–Trinajstić information content (AvgIpc) is 2.30. The first-order valence-electron chi connectivity index (χ1n) is 3.82. The largest absolute Gasteiger partial charge is 0.322 e. The molecule has 0 aromatic carbocycles. The molecule has 0 amide bonds. The minimum absolute atomic E-state index is 0.617. The van der Waals surface area contributed by atoms with Crippen LogP contribution >= 0.6 is 0 Å². The zero-order chi connectivity index (χ0) is 10.2. The number of aryl methyl sites for hydroxylation is 2. The lowest BCUT2D eigenvalue weighted by atomic mass is 10.4. The van der Waals surface area contributed by atoms with E-state index in [0.717, 1.165) is 8.39 Å². The maximum absolute atomic E-state index is 11.6. The third kappa shape index (κ3) is 1.73. The van der Waals surface area contributed by atoms with Crippen molar-refractivity contribution in [1.82, 2.24) is 13.5 Å². The van der Waals surface area contributed by atoms with Crippen LogP contribution in [0.5, 0.6) is 0 Å². The minimum Gasteiger partial charge on any atom is -0.189 e. The van der Waals surface area contributed by atoms with Gasteiger partial charge in [-0.25, -0.2) is 0 Å². The maximum Gasteiger partial charge on any atom is 0.322 e. The summed E-state index contributed by atoms with van der Waals surface area (Å²) in [4.78, 5) is 0. The number of nitrogens with zero attached hydrogens (tertiary/aromatic N) is 3. The molecule has 6 heteroatoms. The summed E-state index contributed by atoms with van der Waals surface area (Å²) in [6, 6.07) is 1.72. The molecule has 1 aromatic rings. The van der Waals surface area contributed by atoms with E-state index in [1.54, 1.807) is 19.9 Å². The van der Waals surface area contributed by atoms with Crippen molar-refractivity contribution >= 4 is 10.2 Å². The standard InChI is InChI=1S/C7H13N3O2S/c1-6-5-7(2)10(8-6)13(11,12)9(3)4/h5H,1-4H3. The van der Waals surface area contributed by atoms with Crippen molar-refractivity contribution in [1.29, 1.82) is 0 Å². The molecule has 0 saturated heterocycles. The second-order valence-electron chi connectivity index (χ2n) is 3.06. The Hall–Kier alpha value is -0.880. The highest BCUT2D eigenvalue weighted by molar-refractivity contribution is 7.87. The highest BCUT2D eigenvalue weighted by atomic mass is 32.2. The highest BCUT2D eigenvalue weighted by Gasteiger charge is 2.19. The third-order valence-electron chi connectivity index (χ3n) is 1.65. The van der Waals surface area contributed by atoms with Crippen LogP contribution in [0.2, 0.25) is 0 Å². The minimum atomic E-state index is -3.45. The first kappa shape index (κ1) is 10.2. The Bertz CT molecular complexity index is 405. The lowest BCUT2D eigenvalue weighted by Gasteiger charge is -2.11. The Morgan fingerprint density at radius 2 is 1.92 bits per heavy atom. The Morgan fingerprint density at radius 1 is 1.38 bits per heavy atom. The second-order valence-corrected chi connectivity index (χ2v) is 5.03. The third-order valence-corrected chi connectivity index (χ3v) is 3.38. The van der Waals surface area contributed by atoms with Crippen LogP contribution in [0.25, 0.3) is 0 Å². The molecule has 13 heavy (non-hydrogen) atoms. The zero-order valence-corrected chi connectivity index (χ0v) is 8.96. The Kier molecular flexibility index (Phi) is 2.44. The molecule has 0 N–H and O–H groups in total. The van der Waals surface area contributed by atoms with E-state index in [-0.39, 0.29) is 0 Å². The van der Waals surface area contributed by atoms with Crippen LogP contribution in [-0.4, -0.2) is 36.0 Å². The fourth-order valence-corrected chi connectivity index (χ4v) is 1.95. The quantitative estimate of drug-likeness (QED) is 0.687. The van der Waals surface area contributed by atoms with Crippen LogP contribution in [0.4, 0.5) is 0 Å². The van der Waals surface area contributed by atoms with Crippen molar-refractivity contribution in [2.24, 2.45) is 0 Å². The van der Waals surface area contributed by atoms with Gasteiger partial charge in [-0.05, 0) is 19.9 Å². The molecule has 0 aliphatic rings. The van der Waals surface area contributed by atoms with Gasteiger partial charge in [0.2, 0.25) is 0 Å². The van der Waals surface area contributed by atoms with Crippen molar-refractivity contribution in [3.8, 4) is 0 Å². The zero-order valence-electron chi connectivity index (χ0n) is 8.14. The molecule has 0 aliphatic heterocycles. The number of aromatic nitrogens is 2. The fourth-order valence-electron chi connectivity index (χ4n) is 0.997. The second kappa shape index (κ2) is 3.12. The Balaban J connectivity index is 3.31. The average molecular weight is 203 g/mol. The number of hydrogen-bond acceptors (Lipinski definition) is 3. The van der Waals surface area contributed by atoms with Gasteiger partial charge in [0.15, 0.2) is 0 Å². The smallest absolute Gasteiger partial charge is 0.189 e. The summed E-state index contributed by atoms with van der Waals surface area (Å²) in [5.41, 5.74) is 1.31. The molecule has 0 bridgehead atoms. The summed E-state index contributed by atoms with van der Waals surface area (Å²) >= 11 is 0. The molecule has 74 valence electrons. The summed E-state index contributed by atoms with van der Waals surface area (Å²) < 4.78 is 25.3. The molecule has 1 aromatic heterocycles. The van der Waals surface area contributed by atoms with E-state index >= 15 is 0 Å². The Labute approximate surface area is 78.2 Å². The predicted octanol–water partition coefficient (Wildman–Crippen LogP) is 0.154. The van der Waals surface area contributed by atoms with Crippen molar-refractivity contribution in [2.45, 2.75) is 13.8 Å². The molecule has 0 radical (unpaired) electrons. The summed E-state index contributed by atoms with van der Waals surface area (Å²) in [6.45, 7) is 3.47. The lowest BCUT2D eigenvalue weighted by Crippen LogP contribution is -2.30. The molecule has 5 nitrogen and oxygen atoms in total. The first-order valence-corrected chi connectivity index (χ1v) is 5.21. The van der Waals surface area contributed by atoms with Crippen LogP contribution in [-0.2, 0) is 10.2 Å². The van der Waals surface area contributed by atoms with Gasteiger partial charge in [-0.2, -0.15) is 17.8 Å². The number of rotatable bonds is 2. The van der Waals surface area contributed by atoms with E-state index in [4.69, 9.17) is 0 Å². The summed E-state index contributed by atoms with van der Waals surface area (Å²) in [7, 11) is -0.492. The van der Waals surface area contributed by atoms with E-state index in [1.807, 2.05) is 0 Å². The highest BCUT2D eigenvalue weighted by Crippen LogP contribution is 2.07. The monoisotopic (exact) mass is 203 g/mol. The van der Waals surface area contributed by atoms with Gasteiger partial charge in [-0.15, -0.1) is 4.09 Å². The van der Waals surface area contributed by atoms with Crippen LogP contribution in [0.15, 0.2) is 6.07 Å². The van der Waals surface area contributed by atoms with Crippen LogP contribution in [0, 0.1) is 13.8 Å². The lowest BCUT2D eigenvalue weighted by molar-refractivity contribution is 0.502. The maximum atomic E-state index is 11.6. The van der Waals surface area contributed by atoms with E-state index in [2.05, 4.69) is 5.10 Å².